The summed E-state index contributed by atoms with van der Waals surface area (Å²) in [5, 5.41) is 1.62. The Morgan fingerprint density at radius 1 is 0.697 bits per heavy atom. The van der Waals surface area contributed by atoms with Gasteiger partial charge in [-0.2, -0.15) is 0 Å². The maximum absolute atomic E-state index is 9.62. The van der Waals surface area contributed by atoms with Crippen LogP contribution in [-0.2, 0) is 0 Å². The van der Waals surface area contributed by atoms with E-state index in [9.17, 15) is 1.37 Å². The van der Waals surface area contributed by atoms with Crippen molar-refractivity contribution in [3.05, 3.63) is 131 Å². The van der Waals surface area contributed by atoms with Gasteiger partial charge in [-0.15, -0.1) is 0 Å². The Hall–Kier alpha value is -5.22. The summed E-state index contributed by atoms with van der Waals surface area (Å²) < 4.78 is 99.2. The van der Waals surface area contributed by atoms with Crippen LogP contribution in [0.3, 0.4) is 0 Å². The van der Waals surface area contributed by atoms with Gasteiger partial charge in [0, 0.05) is 48.0 Å². The number of fused-ring (bicyclic) bond motifs is 3. The number of pyridine rings is 2. The van der Waals surface area contributed by atoms with E-state index in [1.54, 1.807) is 24.3 Å². The molecule has 4 heteroatoms. The molecule has 0 N–H and O–H groups in total. The Morgan fingerprint density at radius 3 is 2.24 bits per heavy atom. The first kappa shape index (κ1) is 34.1. The zero-order valence-electron chi connectivity index (χ0n) is 49.9. The van der Waals surface area contributed by atoms with Crippen molar-refractivity contribution in [3.63, 3.8) is 0 Å². The third kappa shape index (κ3) is 8.52. The molecule has 3 aromatic heterocycles. The van der Waals surface area contributed by atoms with E-state index in [0.29, 0.717) is 79.9 Å². The van der Waals surface area contributed by atoms with Crippen LogP contribution < -0.4 is 4.74 Å². The third-order valence-corrected chi connectivity index (χ3v) is 16.5. The number of ether oxygens (including phenoxy) is 1. The van der Waals surface area contributed by atoms with Crippen LogP contribution in [0, 0.1) is 74.8 Å². The quantitative estimate of drug-likeness (QED) is 0.153. The van der Waals surface area contributed by atoms with Gasteiger partial charge in [0.2, 0.25) is 0 Å². The summed E-state index contributed by atoms with van der Waals surface area (Å²) in [6.45, 7) is 8.15. The van der Waals surface area contributed by atoms with Crippen LogP contribution in [0.1, 0.15) is 152 Å². The molecule has 3 saturated carbocycles. The zero-order valence-corrected chi connectivity index (χ0v) is 39.9. The molecule has 0 amide bonds. The van der Waals surface area contributed by atoms with E-state index in [1.807, 2.05) is 61.7 Å². The van der Waals surface area contributed by atoms with Gasteiger partial charge in [-0.25, -0.2) is 0 Å². The molecule has 10 rings (SSSR count). The van der Waals surface area contributed by atoms with Crippen molar-refractivity contribution in [1.29, 1.82) is 0 Å². The minimum Gasteiger partial charge on any atom is -0.457 e. The number of furan rings is 1. The number of aromatic nitrogens is 2. The van der Waals surface area contributed by atoms with Crippen LogP contribution in [-0.4, -0.2) is 9.97 Å². The average molecular weight is 887 g/mol. The SMILES string of the molecule is [2H]C([2H])([2H])c1cnc(-c2cc(Oc3cc(-c4cc(C5CCC(C)(C6CCC(C7([2H])CCC(C)(C)CC7)CC6C)CC5C)c(C)cn4)c4oc5cc(C)ccc5c4c3)c(C([2H])([2H])[2H])c(-c3ccccc3)c2)cc1C([2H])([2H])[2H]. The Kier molecular flexibility index (Phi) is 9.03. The van der Waals surface area contributed by atoms with E-state index < -0.39 is 20.6 Å². The van der Waals surface area contributed by atoms with Crippen molar-refractivity contribution in [2.24, 2.45) is 40.4 Å². The van der Waals surface area contributed by atoms with Gasteiger partial charge >= 0.3 is 0 Å². The third-order valence-electron chi connectivity index (χ3n) is 16.5. The summed E-state index contributed by atoms with van der Waals surface area (Å²) in [5.41, 5.74) is 7.30. The second-order valence-electron chi connectivity index (χ2n) is 21.8. The summed E-state index contributed by atoms with van der Waals surface area (Å²) in [6, 6.07) is 25.5. The molecule has 3 aliphatic rings. The first-order valence-electron chi connectivity index (χ1n) is 29.5. The number of hydrogen-bond donors (Lipinski definition) is 0. The van der Waals surface area contributed by atoms with Crippen molar-refractivity contribution < 1.29 is 22.9 Å². The number of aryl methyl sites for hydroxylation is 4. The molecule has 3 aliphatic carbocycles. The number of benzene rings is 4. The van der Waals surface area contributed by atoms with Crippen molar-refractivity contribution in [3.8, 4) is 45.1 Å². The highest BCUT2D eigenvalue weighted by molar-refractivity contribution is 6.10. The van der Waals surface area contributed by atoms with Crippen LogP contribution in [0.5, 0.6) is 11.5 Å². The van der Waals surface area contributed by atoms with E-state index in [1.165, 1.54) is 24.5 Å². The highest BCUT2D eigenvalue weighted by Gasteiger charge is 2.46. The molecule has 4 aromatic carbocycles. The van der Waals surface area contributed by atoms with Crippen molar-refractivity contribution in [2.75, 3.05) is 0 Å². The van der Waals surface area contributed by atoms with Gasteiger partial charge in [0.1, 0.15) is 22.7 Å². The Bertz CT molecular complexity index is 3310. The first-order chi connectivity index (χ1) is 35.6. The summed E-state index contributed by atoms with van der Waals surface area (Å²) >= 11 is 0. The van der Waals surface area contributed by atoms with Crippen LogP contribution in [0.25, 0.3) is 55.6 Å². The summed E-state index contributed by atoms with van der Waals surface area (Å²) in [6.07, 6.45) is 14.3. The number of nitrogens with zero attached hydrogens (tertiary/aromatic N) is 2. The maximum atomic E-state index is 9.62. The van der Waals surface area contributed by atoms with Crippen molar-refractivity contribution in [1.82, 2.24) is 9.97 Å². The molecule has 342 valence electrons. The van der Waals surface area contributed by atoms with Crippen LogP contribution in [0.15, 0.2) is 102 Å². The molecule has 0 saturated heterocycles. The van der Waals surface area contributed by atoms with Gasteiger partial charge in [-0.05, 0) is 232 Å². The molecule has 0 aliphatic heterocycles. The minimum atomic E-state index is -2.78. The molecule has 6 atom stereocenters. The van der Waals surface area contributed by atoms with Crippen LogP contribution in [0.4, 0.5) is 0 Å². The highest BCUT2D eigenvalue weighted by Crippen LogP contribution is 2.57. The van der Waals surface area contributed by atoms with Gasteiger partial charge in [0.15, 0.2) is 0 Å². The molecule has 0 bridgehead atoms. The Labute approximate surface area is 409 Å². The van der Waals surface area contributed by atoms with Crippen LogP contribution in [0.2, 0.25) is 0 Å². The van der Waals surface area contributed by atoms with E-state index in [2.05, 4.69) is 52.6 Å². The molecule has 66 heavy (non-hydrogen) atoms. The predicted molar refractivity (Wildman–Crippen MR) is 275 cm³/mol. The summed E-state index contributed by atoms with van der Waals surface area (Å²) in [7, 11) is 0. The lowest BCUT2D eigenvalue weighted by Gasteiger charge is -2.52. The van der Waals surface area contributed by atoms with Gasteiger partial charge in [-0.3, -0.25) is 9.97 Å². The Morgan fingerprint density at radius 2 is 1.48 bits per heavy atom. The van der Waals surface area contributed by atoms with Crippen LogP contribution >= 0.6 is 0 Å². The number of hydrogen-bond acceptors (Lipinski definition) is 4. The predicted octanol–water partition coefficient (Wildman–Crippen LogP) is 17.9. The standard InChI is InChI=1S/C62H72N2O2/c1-37-16-18-50-53-31-48(65-58-30-47(56-28-38(2)41(5)35-63-56)29-52(43(58)7)45-14-12-11-13-15-45)32-54(60(53)66-59(50)26-37)57-33-51(42(6)36-64-57)49-22-25-62(10,34-40(49)4)55-19-17-46(27-39(55)3)44-20-23-61(8,9)24-21-44/h11-16,18,26,28-33,35-36,39-40,44,46,49,55H,17,19-25,27,34H2,1-10H3/i2D3,5D3,7D3,44D. The molecule has 3 fully saturated rings. The van der Waals surface area contributed by atoms with E-state index in [4.69, 9.17) is 26.5 Å². The highest BCUT2D eigenvalue weighted by atomic mass is 16.5. The first-order valence-corrected chi connectivity index (χ1v) is 24.5. The van der Waals surface area contributed by atoms with Gasteiger partial charge in [0.05, 0.1) is 11.4 Å². The fourth-order valence-electron chi connectivity index (χ4n) is 12.7. The zero-order chi connectivity index (χ0) is 54.5. The fourth-order valence-corrected chi connectivity index (χ4v) is 12.7. The largest absolute Gasteiger partial charge is 0.457 e. The molecular weight excluding hydrogens is 805 g/mol. The molecule has 7 aromatic rings. The monoisotopic (exact) mass is 887 g/mol. The molecule has 0 radical (unpaired) electrons. The Balaban J connectivity index is 1.03. The lowest BCUT2D eigenvalue weighted by Crippen LogP contribution is -2.42. The summed E-state index contributed by atoms with van der Waals surface area (Å²) in [4.78, 5) is 9.57. The fraction of sp³-hybridized carbons (Fsp3) is 0.452. The molecular formula is C62H72N2O2. The average Bonchev–Trinajstić information content (AvgIpc) is 3.74. The minimum absolute atomic E-state index is 0.000836. The second kappa shape index (κ2) is 17.5. The van der Waals surface area contributed by atoms with Gasteiger partial charge < -0.3 is 9.15 Å². The maximum Gasteiger partial charge on any atom is 0.145 e. The van der Waals surface area contributed by atoms with Crippen molar-refractivity contribution >= 4 is 21.9 Å². The molecule has 3 heterocycles. The topological polar surface area (TPSA) is 48.2 Å². The lowest BCUT2D eigenvalue weighted by atomic mass is 9.53. The van der Waals surface area contributed by atoms with E-state index in [0.717, 1.165) is 79.5 Å². The molecule has 6 unspecified atom stereocenters. The van der Waals surface area contributed by atoms with Gasteiger partial charge in [-0.1, -0.05) is 77.1 Å². The number of rotatable bonds is 8. The smallest absolute Gasteiger partial charge is 0.145 e. The second-order valence-corrected chi connectivity index (χ2v) is 21.8. The van der Waals surface area contributed by atoms with Gasteiger partial charge in [0.25, 0.3) is 0 Å². The normalized spacial score (nSPS) is 28.1. The van der Waals surface area contributed by atoms with E-state index >= 15 is 0 Å². The molecule has 4 nitrogen and oxygen atoms in total. The van der Waals surface area contributed by atoms with Crippen molar-refractivity contribution in [2.45, 2.75) is 139 Å². The molecule has 0 spiro atoms. The summed E-state index contributed by atoms with van der Waals surface area (Å²) in [5.74, 6) is 2.50. The lowest BCUT2D eigenvalue weighted by molar-refractivity contribution is -0.00567. The van der Waals surface area contributed by atoms with E-state index in [-0.39, 0.29) is 39.4 Å².